The molecule has 0 spiro atoms. The lowest BCUT2D eigenvalue weighted by Gasteiger charge is -2.33. The predicted molar refractivity (Wildman–Crippen MR) is 75.1 cm³/mol. The predicted octanol–water partition coefficient (Wildman–Crippen LogP) is 1.97. The van der Waals surface area contributed by atoms with Crippen molar-refractivity contribution in [3.8, 4) is 0 Å². The van der Waals surface area contributed by atoms with Crippen LogP contribution in [-0.4, -0.2) is 30.1 Å². The Morgan fingerprint density at radius 1 is 1.19 bits per heavy atom. The summed E-state index contributed by atoms with van der Waals surface area (Å²) in [6.07, 6.45) is 2.31. The summed E-state index contributed by atoms with van der Waals surface area (Å²) >= 11 is 0. The molecule has 5 nitrogen and oxygen atoms in total. The first-order valence-corrected chi connectivity index (χ1v) is 7.27. The second-order valence-corrected chi connectivity index (χ2v) is 5.78. The number of nitrogens with zero attached hydrogens (tertiary/aromatic N) is 1. The molecule has 4 rings (SSSR count). The number of urea groups is 1. The Morgan fingerprint density at radius 2 is 1.95 bits per heavy atom. The van der Waals surface area contributed by atoms with Crippen molar-refractivity contribution in [3.63, 3.8) is 0 Å². The largest absolute Gasteiger partial charge is 0.456 e. The molecule has 5 heteroatoms. The highest BCUT2D eigenvalue weighted by Gasteiger charge is 2.43. The molecule has 1 saturated carbocycles. The van der Waals surface area contributed by atoms with Gasteiger partial charge in [0.15, 0.2) is 0 Å². The van der Waals surface area contributed by atoms with Gasteiger partial charge in [-0.1, -0.05) is 30.3 Å². The van der Waals surface area contributed by atoms with E-state index in [1.165, 1.54) is 0 Å². The molecular formula is C16H16N2O3. The van der Waals surface area contributed by atoms with E-state index in [0.29, 0.717) is 18.0 Å². The summed E-state index contributed by atoms with van der Waals surface area (Å²) < 4.78 is 5.19. The van der Waals surface area contributed by atoms with Crippen LogP contribution in [0.1, 0.15) is 24.4 Å². The molecular weight excluding hydrogens is 268 g/mol. The second kappa shape index (κ2) is 4.62. The van der Waals surface area contributed by atoms with E-state index in [4.69, 9.17) is 4.74 Å². The molecule has 1 fully saturated rings. The molecule has 0 bridgehead atoms. The first-order chi connectivity index (χ1) is 10.2. The number of benzene rings is 1. The van der Waals surface area contributed by atoms with Gasteiger partial charge in [-0.05, 0) is 24.3 Å². The lowest BCUT2D eigenvalue weighted by molar-refractivity contribution is -0.136. The van der Waals surface area contributed by atoms with Crippen LogP contribution in [0.3, 0.4) is 0 Å². The SMILES string of the molecule is O=C1OCC2=C1C(c1ccccc1)NC(=O)N2CC1CC1. The fraction of sp³-hybridized carbons (Fsp3) is 0.375. The summed E-state index contributed by atoms with van der Waals surface area (Å²) in [7, 11) is 0. The van der Waals surface area contributed by atoms with Crippen molar-refractivity contribution in [1.82, 2.24) is 10.2 Å². The Kier molecular flexibility index (Phi) is 2.74. The zero-order chi connectivity index (χ0) is 14.4. The maximum absolute atomic E-state index is 12.4. The molecule has 1 aromatic rings. The molecule has 1 aliphatic carbocycles. The highest BCUT2D eigenvalue weighted by atomic mass is 16.5. The maximum atomic E-state index is 12.4. The summed E-state index contributed by atoms with van der Waals surface area (Å²) in [5.41, 5.74) is 2.23. The first kappa shape index (κ1) is 12.4. The molecule has 108 valence electrons. The number of hydrogen-bond acceptors (Lipinski definition) is 3. The average Bonchev–Trinajstić information content (AvgIpc) is 3.24. The van der Waals surface area contributed by atoms with Gasteiger partial charge >= 0.3 is 12.0 Å². The van der Waals surface area contributed by atoms with E-state index in [1.807, 2.05) is 30.3 Å². The molecule has 21 heavy (non-hydrogen) atoms. The van der Waals surface area contributed by atoms with Crippen LogP contribution in [0.15, 0.2) is 41.6 Å². The van der Waals surface area contributed by atoms with Crippen LogP contribution < -0.4 is 5.32 Å². The van der Waals surface area contributed by atoms with Gasteiger partial charge in [-0.3, -0.25) is 4.90 Å². The van der Waals surface area contributed by atoms with E-state index in [0.717, 1.165) is 24.1 Å². The molecule has 1 unspecified atom stereocenters. The van der Waals surface area contributed by atoms with Crippen LogP contribution in [0.2, 0.25) is 0 Å². The zero-order valence-electron chi connectivity index (χ0n) is 11.5. The lowest BCUT2D eigenvalue weighted by Crippen LogP contribution is -2.47. The number of hydrogen-bond donors (Lipinski definition) is 1. The summed E-state index contributed by atoms with van der Waals surface area (Å²) in [5.74, 6) is 0.244. The van der Waals surface area contributed by atoms with E-state index in [-0.39, 0.29) is 18.6 Å². The number of carbonyl (C=O) groups is 2. The van der Waals surface area contributed by atoms with Crippen molar-refractivity contribution in [2.75, 3.05) is 13.2 Å². The Balaban J connectivity index is 1.74. The Morgan fingerprint density at radius 3 is 2.67 bits per heavy atom. The van der Waals surface area contributed by atoms with E-state index >= 15 is 0 Å². The molecule has 1 N–H and O–H groups in total. The summed E-state index contributed by atoms with van der Waals surface area (Å²) in [6, 6.07) is 9.01. The maximum Gasteiger partial charge on any atom is 0.338 e. The van der Waals surface area contributed by atoms with E-state index in [9.17, 15) is 9.59 Å². The molecule has 1 aromatic carbocycles. The van der Waals surface area contributed by atoms with Crippen LogP contribution in [-0.2, 0) is 9.53 Å². The molecule has 2 heterocycles. The van der Waals surface area contributed by atoms with Gasteiger partial charge in [0, 0.05) is 6.54 Å². The molecule has 3 aliphatic rings. The Hall–Kier alpha value is -2.30. The van der Waals surface area contributed by atoms with E-state index in [1.54, 1.807) is 4.90 Å². The fourth-order valence-electron chi connectivity index (χ4n) is 2.96. The highest BCUT2D eigenvalue weighted by molar-refractivity contribution is 5.97. The molecule has 2 aliphatic heterocycles. The molecule has 1 atom stereocenters. The molecule has 0 saturated heterocycles. The first-order valence-electron chi connectivity index (χ1n) is 7.27. The fourth-order valence-corrected chi connectivity index (χ4v) is 2.96. The van der Waals surface area contributed by atoms with E-state index < -0.39 is 6.04 Å². The minimum atomic E-state index is -0.404. The van der Waals surface area contributed by atoms with Gasteiger partial charge in [0.1, 0.15) is 6.61 Å². The third kappa shape index (κ3) is 2.09. The van der Waals surface area contributed by atoms with Gasteiger partial charge in [0.2, 0.25) is 0 Å². The van der Waals surface area contributed by atoms with Crippen LogP contribution in [0.4, 0.5) is 4.79 Å². The molecule has 0 radical (unpaired) electrons. The minimum Gasteiger partial charge on any atom is -0.456 e. The van der Waals surface area contributed by atoms with Gasteiger partial charge in [0.25, 0.3) is 0 Å². The number of rotatable bonds is 3. The Labute approximate surface area is 122 Å². The van der Waals surface area contributed by atoms with Crippen molar-refractivity contribution in [2.45, 2.75) is 18.9 Å². The van der Waals surface area contributed by atoms with Gasteiger partial charge in [-0.25, -0.2) is 9.59 Å². The van der Waals surface area contributed by atoms with Gasteiger partial charge in [-0.2, -0.15) is 0 Å². The van der Waals surface area contributed by atoms with Crippen molar-refractivity contribution in [3.05, 3.63) is 47.2 Å². The number of nitrogens with one attached hydrogen (secondary N) is 1. The lowest BCUT2D eigenvalue weighted by atomic mass is 9.96. The highest BCUT2D eigenvalue weighted by Crippen LogP contribution is 2.38. The van der Waals surface area contributed by atoms with Gasteiger partial charge < -0.3 is 10.1 Å². The standard InChI is InChI=1S/C16H16N2O3/c19-15-13-12(9-21-15)18(8-10-6-7-10)16(20)17-14(13)11-4-2-1-3-5-11/h1-5,10,14H,6-9H2,(H,17,20). The molecule has 0 aromatic heterocycles. The molecule has 2 amide bonds. The number of ether oxygens (including phenoxy) is 1. The minimum absolute atomic E-state index is 0.132. The van der Waals surface area contributed by atoms with Crippen LogP contribution in [0, 0.1) is 5.92 Å². The number of amides is 2. The van der Waals surface area contributed by atoms with Crippen molar-refractivity contribution in [2.24, 2.45) is 5.92 Å². The third-order valence-corrected chi connectivity index (χ3v) is 4.27. The van der Waals surface area contributed by atoms with Gasteiger partial charge in [-0.15, -0.1) is 0 Å². The Bertz CT molecular complexity index is 634. The van der Waals surface area contributed by atoms with Crippen LogP contribution in [0.5, 0.6) is 0 Å². The average molecular weight is 284 g/mol. The normalized spacial score (nSPS) is 24.8. The third-order valence-electron chi connectivity index (χ3n) is 4.27. The van der Waals surface area contributed by atoms with Crippen molar-refractivity contribution < 1.29 is 14.3 Å². The smallest absolute Gasteiger partial charge is 0.338 e. The topological polar surface area (TPSA) is 58.6 Å². The zero-order valence-corrected chi connectivity index (χ0v) is 11.5. The number of esters is 1. The number of cyclic esters (lactones) is 1. The van der Waals surface area contributed by atoms with Gasteiger partial charge in [0.05, 0.1) is 17.3 Å². The summed E-state index contributed by atoms with van der Waals surface area (Å²) in [6.45, 7) is 0.889. The summed E-state index contributed by atoms with van der Waals surface area (Å²) in [4.78, 5) is 26.2. The van der Waals surface area contributed by atoms with Crippen LogP contribution in [0.25, 0.3) is 0 Å². The van der Waals surface area contributed by atoms with Crippen molar-refractivity contribution >= 4 is 12.0 Å². The monoisotopic (exact) mass is 284 g/mol. The summed E-state index contributed by atoms with van der Waals surface area (Å²) in [5, 5.41) is 2.95. The second-order valence-electron chi connectivity index (χ2n) is 5.78. The van der Waals surface area contributed by atoms with Crippen LogP contribution >= 0.6 is 0 Å². The van der Waals surface area contributed by atoms with Crippen molar-refractivity contribution in [1.29, 1.82) is 0 Å². The quantitative estimate of drug-likeness (QED) is 0.863. The van der Waals surface area contributed by atoms with E-state index in [2.05, 4.69) is 5.32 Å². The number of carbonyl (C=O) groups excluding carboxylic acids is 2.